The van der Waals surface area contributed by atoms with Gasteiger partial charge in [0.15, 0.2) is 12.1 Å². The molecule has 0 bridgehead atoms. The normalized spacial score (nSPS) is 18.3. The van der Waals surface area contributed by atoms with Crippen LogP contribution in [0.4, 0.5) is 4.39 Å². The lowest BCUT2D eigenvalue weighted by Gasteiger charge is -2.11. The summed E-state index contributed by atoms with van der Waals surface area (Å²) in [4.78, 5) is 0. The van der Waals surface area contributed by atoms with Gasteiger partial charge in [0.25, 0.3) is 0 Å². The van der Waals surface area contributed by atoms with Gasteiger partial charge >= 0.3 is 5.90 Å². The summed E-state index contributed by atoms with van der Waals surface area (Å²) in [5.41, 5.74) is 2.08. The summed E-state index contributed by atoms with van der Waals surface area (Å²) in [5.74, 6) is 0.191. The van der Waals surface area contributed by atoms with E-state index in [1.54, 1.807) is 0 Å². The summed E-state index contributed by atoms with van der Waals surface area (Å²) >= 11 is 0. The Kier molecular flexibility index (Phi) is 4.04. The van der Waals surface area contributed by atoms with Crippen molar-refractivity contribution in [2.24, 2.45) is 5.92 Å². The Morgan fingerprint density at radius 1 is 1.48 bits per heavy atom. The number of hydrogen-bond donors (Lipinski definition) is 0. The van der Waals surface area contributed by atoms with Gasteiger partial charge in [-0.15, -0.1) is 0 Å². The average Bonchev–Trinajstić information content (AvgIpc) is 2.65. The first kappa shape index (κ1) is 15.5. The van der Waals surface area contributed by atoms with Gasteiger partial charge in [-0.25, -0.2) is 4.39 Å². The molecule has 0 amide bonds. The van der Waals surface area contributed by atoms with E-state index >= 15 is 0 Å². The lowest BCUT2D eigenvalue weighted by Crippen LogP contribution is -2.33. The van der Waals surface area contributed by atoms with Gasteiger partial charge in [-0.3, -0.25) is 0 Å². The number of benzene rings is 1. The van der Waals surface area contributed by atoms with Crippen LogP contribution in [0.15, 0.2) is 12.1 Å². The highest BCUT2D eigenvalue weighted by Crippen LogP contribution is 2.25. The van der Waals surface area contributed by atoms with E-state index in [1.807, 2.05) is 31.5 Å². The number of nitriles is 1. The fourth-order valence-corrected chi connectivity index (χ4v) is 2.56. The maximum atomic E-state index is 14.5. The highest BCUT2D eigenvalue weighted by atomic mass is 19.1. The molecule has 1 heterocycles. The Hall–Kier alpha value is -1.89. The van der Waals surface area contributed by atoms with Crippen molar-refractivity contribution in [1.82, 2.24) is 0 Å². The summed E-state index contributed by atoms with van der Waals surface area (Å²) in [6.07, 6.45) is 0.562. The van der Waals surface area contributed by atoms with Crippen molar-refractivity contribution in [2.45, 2.75) is 39.7 Å². The molecule has 0 fully saturated rings. The Bertz CT molecular complexity index is 618. The van der Waals surface area contributed by atoms with Crippen LogP contribution in [0, 0.1) is 30.0 Å². The van der Waals surface area contributed by atoms with E-state index in [-0.39, 0.29) is 17.3 Å². The number of ether oxygens (including phenoxy) is 1. The molecule has 0 saturated carbocycles. The monoisotopic (exact) mass is 289 g/mol. The minimum Gasteiger partial charge on any atom is -0.437 e. The third-order valence-electron chi connectivity index (χ3n) is 4.10. The summed E-state index contributed by atoms with van der Waals surface area (Å²) in [6, 6.07) is 5.65. The molecular weight excluding hydrogens is 267 g/mol. The number of rotatable bonds is 3. The molecule has 3 nitrogen and oxygen atoms in total. The van der Waals surface area contributed by atoms with Crippen molar-refractivity contribution in [2.75, 3.05) is 13.7 Å². The van der Waals surface area contributed by atoms with Crippen LogP contribution in [-0.2, 0) is 11.2 Å². The van der Waals surface area contributed by atoms with Crippen LogP contribution in [0.3, 0.4) is 0 Å². The number of aryl methyl sites for hydroxylation is 1. The zero-order chi connectivity index (χ0) is 15.8. The van der Waals surface area contributed by atoms with Crippen LogP contribution >= 0.6 is 0 Å². The van der Waals surface area contributed by atoms with Crippen molar-refractivity contribution in [1.29, 1.82) is 5.26 Å². The maximum Gasteiger partial charge on any atom is 0.373 e. The maximum absolute atomic E-state index is 14.5. The number of halogens is 1. The predicted octanol–water partition coefficient (Wildman–Crippen LogP) is 3.03. The van der Waals surface area contributed by atoms with Crippen LogP contribution < -0.4 is 0 Å². The van der Waals surface area contributed by atoms with Crippen LogP contribution in [-0.4, -0.2) is 29.7 Å². The molecule has 4 heteroatoms. The Balaban J connectivity index is 2.44. The van der Waals surface area contributed by atoms with Crippen molar-refractivity contribution in [3.63, 3.8) is 0 Å². The summed E-state index contributed by atoms with van der Waals surface area (Å²) in [7, 11) is 1.92. The minimum absolute atomic E-state index is 0.119. The van der Waals surface area contributed by atoms with Crippen molar-refractivity contribution >= 4 is 5.90 Å². The summed E-state index contributed by atoms with van der Waals surface area (Å²) in [5, 5.41) is 8.88. The zero-order valence-corrected chi connectivity index (χ0v) is 13.3. The lowest BCUT2D eigenvalue weighted by molar-refractivity contribution is -0.562. The number of nitrogens with zero attached hydrogens (tertiary/aromatic N) is 2. The predicted molar refractivity (Wildman–Crippen MR) is 79.9 cm³/mol. The van der Waals surface area contributed by atoms with Crippen LogP contribution in [0.2, 0.25) is 0 Å². The third kappa shape index (κ3) is 2.92. The van der Waals surface area contributed by atoms with Gasteiger partial charge in [-0.1, -0.05) is 6.07 Å². The first-order valence-corrected chi connectivity index (χ1v) is 7.19. The fourth-order valence-electron chi connectivity index (χ4n) is 2.56. The van der Waals surface area contributed by atoms with E-state index in [0.29, 0.717) is 24.5 Å². The SMILES string of the molecule is Cc1cc(CC(C)C#N)cc(F)c1C1=[N+](C)C(C)(C)CO1. The van der Waals surface area contributed by atoms with Crippen LogP contribution in [0.25, 0.3) is 0 Å². The molecule has 1 aliphatic rings. The topological polar surface area (TPSA) is 36.0 Å². The Morgan fingerprint density at radius 3 is 2.62 bits per heavy atom. The fraction of sp³-hybridized carbons (Fsp3) is 0.529. The summed E-state index contributed by atoms with van der Waals surface area (Å²) < 4.78 is 22.2. The molecule has 0 spiro atoms. The minimum atomic E-state index is -0.283. The molecule has 1 atom stereocenters. The van der Waals surface area contributed by atoms with Gasteiger partial charge in [0.1, 0.15) is 18.4 Å². The highest BCUT2D eigenvalue weighted by Gasteiger charge is 2.41. The van der Waals surface area contributed by atoms with E-state index < -0.39 is 0 Å². The molecular formula is C17H22FN2O+. The van der Waals surface area contributed by atoms with E-state index in [9.17, 15) is 4.39 Å². The second kappa shape index (κ2) is 5.48. The molecule has 0 N–H and O–H groups in total. The Labute approximate surface area is 125 Å². The second-order valence-corrected chi connectivity index (χ2v) is 6.47. The van der Waals surface area contributed by atoms with E-state index in [2.05, 4.69) is 19.9 Å². The van der Waals surface area contributed by atoms with Crippen molar-refractivity contribution in [3.05, 3.63) is 34.6 Å². The highest BCUT2D eigenvalue weighted by molar-refractivity contribution is 5.93. The van der Waals surface area contributed by atoms with E-state index in [1.165, 1.54) is 6.07 Å². The second-order valence-electron chi connectivity index (χ2n) is 6.47. The van der Waals surface area contributed by atoms with Crippen LogP contribution in [0.1, 0.15) is 37.5 Å². The number of likely N-dealkylation sites (N-methyl/N-ethyl adjacent to an activating group) is 1. The molecule has 21 heavy (non-hydrogen) atoms. The standard InChI is InChI=1S/C17H22FN2O/c1-11(9-19)6-13-7-12(2)15(14(18)8-13)16-20(5)17(3,4)10-21-16/h7-8,11H,6,10H2,1-5H3/q+1. The van der Waals surface area contributed by atoms with E-state index in [0.717, 1.165) is 11.1 Å². The molecule has 2 rings (SSSR count). The molecule has 1 aromatic rings. The summed E-state index contributed by atoms with van der Waals surface area (Å²) in [6.45, 7) is 8.40. The molecule has 0 radical (unpaired) electrons. The van der Waals surface area contributed by atoms with Gasteiger partial charge in [0.2, 0.25) is 0 Å². The first-order valence-electron chi connectivity index (χ1n) is 7.19. The van der Waals surface area contributed by atoms with Gasteiger partial charge in [0, 0.05) is 19.8 Å². The molecule has 1 aromatic carbocycles. The van der Waals surface area contributed by atoms with Crippen molar-refractivity contribution < 1.29 is 13.7 Å². The third-order valence-corrected chi connectivity index (χ3v) is 4.10. The molecule has 1 aliphatic heterocycles. The van der Waals surface area contributed by atoms with Gasteiger partial charge in [0.05, 0.1) is 6.07 Å². The zero-order valence-electron chi connectivity index (χ0n) is 13.3. The van der Waals surface area contributed by atoms with Crippen LogP contribution in [0.5, 0.6) is 0 Å². The number of hydrogen-bond acceptors (Lipinski definition) is 2. The smallest absolute Gasteiger partial charge is 0.373 e. The van der Waals surface area contributed by atoms with E-state index in [4.69, 9.17) is 10.00 Å². The quantitative estimate of drug-likeness (QED) is 0.802. The lowest BCUT2D eigenvalue weighted by atomic mass is 9.97. The molecule has 0 aromatic heterocycles. The van der Waals surface area contributed by atoms with Gasteiger partial charge < -0.3 is 4.74 Å². The molecule has 0 saturated heterocycles. The first-order chi connectivity index (χ1) is 9.76. The van der Waals surface area contributed by atoms with Gasteiger partial charge in [-0.05, 0) is 37.5 Å². The van der Waals surface area contributed by atoms with Crippen molar-refractivity contribution in [3.8, 4) is 6.07 Å². The molecule has 1 unspecified atom stereocenters. The Morgan fingerprint density at radius 2 is 2.14 bits per heavy atom. The molecule has 0 aliphatic carbocycles. The van der Waals surface area contributed by atoms with Gasteiger partial charge in [-0.2, -0.15) is 9.84 Å². The largest absolute Gasteiger partial charge is 0.437 e. The average molecular weight is 289 g/mol. The molecule has 112 valence electrons.